The van der Waals surface area contributed by atoms with Crippen molar-refractivity contribution >= 4 is 28.8 Å². The van der Waals surface area contributed by atoms with Gasteiger partial charge in [0.25, 0.3) is 5.91 Å². The van der Waals surface area contributed by atoms with Crippen molar-refractivity contribution in [3.05, 3.63) is 51.2 Å². The maximum absolute atomic E-state index is 12.1. The topological polar surface area (TPSA) is 58.2 Å². The average molecular weight is 286 g/mol. The largest absolute Gasteiger partial charge is 0.347 e. The number of anilines is 1. The minimum absolute atomic E-state index is 0.0216. The Morgan fingerprint density at radius 3 is 2.95 bits per heavy atom. The highest BCUT2D eigenvalue weighted by molar-refractivity contribution is 7.11. The number of hydrogen-bond donors (Lipinski definition) is 2. The van der Waals surface area contributed by atoms with Crippen LogP contribution in [-0.4, -0.2) is 11.8 Å². The van der Waals surface area contributed by atoms with Crippen molar-refractivity contribution < 1.29 is 9.59 Å². The first-order chi connectivity index (χ1) is 9.61. The molecule has 1 aliphatic heterocycles. The molecular formula is C15H14N2O2S. The van der Waals surface area contributed by atoms with Gasteiger partial charge >= 0.3 is 0 Å². The lowest BCUT2D eigenvalue weighted by Gasteiger charge is -2.05. The molecule has 1 aromatic carbocycles. The van der Waals surface area contributed by atoms with E-state index in [-0.39, 0.29) is 11.8 Å². The lowest BCUT2D eigenvalue weighted by atomic mass is 10.1. The summed E-state index contributed by atoms with van der Waals surface area (Å²) >= 11 is 1.67. The lowest BCUT2D eigenvalue weighted by Crippen LogP contribution is -2.22. The number of aryl methyl sites for hydroxylation is 1. The molecule has 2 heterocycles. The Morgan fingerprint density at radius 2 is 2.20 bits per heavy atom. The number of benzene rings is 1. The van der Waals surface area contributed by atoms with Crippen LogP contribution < -0.4 is 10.6 Å². The molecule has 0 atom stereocenters. The van der Waals surface area contributed by atoms with E-state index in [0.29, 0.717) is 18.5 Å². The fourth-order valence-corrected chi connectivity index (χ4v) is 3.04. The first-order valence-electron chi connectivity index (χ1n) is 6.38. The minimum atomic E-state index is -0.125. The van der Waals surface area contributed by atoms with E-state index >= 15 is 0 Å². The monoisotopic (exact) mass is 286 g/mol. The number of carbonyl (C=O) groups excluding carboxylic acids is 2. The standard InChI is InChI=1S/C15H14N2O2S/c1-9-2-5-12(20-9)8-16-15(19)11-4-3-10-7-14(18)17-13(10)6-11/h2-6H,7-8H2,1H3,(H,16,19)(H,17,18). The molecule has 3 rings (SSSR count). The second kappa shape index (κ2) is 5.09. The van der Waals surface area contributed by atoms with E-state index in [0.717, 1.165) is 16.1 Å². The Balaban J connectivity index is 1.69. The van der Waals surface area contributed by atoms with Crippen molar-refractivity contribution in [2.45, 2.75) is 19.9 Å². The van der Waals surface area contributed by atoms with Crippen molar-refractivity contribution in [3.63, 3.8) is 0 Å². The molecule has 0 aliphatic carbocycles. The summed E-state index contributed by atoms with van der Waals surface area (Å²) in [5.74, 6) is -0.147. The SMILES string of the molecule is Cc1ccc(CNC(=O)c2ccc3c(c2)NC(=O)C3)s1. The van der Waals surface area contributed by atoms with Gasteiger partial charge < -0.3 is 10.6 Å². The molecule has 2 aromatic rings. The summed E-state index contributed by atoms with van der Waals surface area (Å²) in [7, 11) is 0. The van der Waals surface area contributed by atoms with Crippen LogP contribution in [0.1, 0.15) is 25.7 Å². The third-order valence-electron chi connectivity index (χ3n) is 3.22. The van der Waals surface area contributed by atoms with E-state index in [4.69, 9.17) is 0 Å². The molecule has 4 nitrogen and oxygen atoms in total. The molecule has 102 valence electrons. The van der Waals surface area contributed by atoms with Crippen molar-refractivity contribution in [3.8, 4) is 0 Å². The number of hydrogen-bond acceptors (Lipinski definition) is 3. The second-order valence-corrected chi connectivity index (χ2v) is 6.16. The molecule has 0 saturated heterocycles. The summed E-state index contributed by atoms with van der Waals surface area (Å²) in [6, 6.07) is 9.38. The van der Waals surface area contributed by atoms with Gasteiger partial charge in [-0.05, 0) is 36.8 Å². The summed E-state index contributed by atoms with van der Waals surface area (Å²) in [4.78, 5) is 25.7. The van der Waals surface area contributed by atoms with Gasteiger partial charge in [0.15, 0.2) is 0 Å². The summed E-state index contributed by atoms with van der Waals surface area (Å²) < 4.78 is 0. The van der Waals surface area contributed by atoms with Crippen LogP contribution in [0, 0.1) is 6.92 Å². The van der Waals surface area contributed by atoms with Crippen LogP contribution in [0.2, 0.25) is 0 Å². The zero-order valence-electron chi connectivity index (χ0n) is 11.0. The van der Waals surface area contributed by atoms with E-state index < -0.39 is 0 Å². The molecular weight excluding hydrogens is 272 g/mol. The predicted molar refractivity (Wildman–Crippen MR) is 79.0 cm³/mol. The van der Waals surface area contributed by atoms with Gasteiger partial charge in [-0.25, -0.2) is 0 Å². The molecule has 5 heteroatoms. The normalized spacial score (nSPS) is 12.9. The predicted octanol–water partition coefficient (Wildman–Crippen LogP) is 2.48. The summed E-state index contributed by atoms with van der Waals surface area (Å²) in [5, 5.41) is 5.64. The number of nitrogens with one attached hydrogen (secondary N) is 2. The maximum atomic E-state index is 12.1. The van der Waals surface area contributed by atoms with E-state index in [1.807, 2.05) is 25.1 Å². The summed E-state index contributed by atoms with van der Waals surface area (Å²) in [5.41, 5.74) is 2.26. The maximum Gasteiger partial charge on any atom is 0.251 e. The summed E-state index contributed by atoms with van der Waals surface area (Å²) in [6.45, 7) is 2.57. The van der Waals surface area contributed by atoms with Crippen LogP contribution in [0.5, 0.6) is 0 Å². The first kappa shape index (κ1) is 12.9. The van der Waals surface area contributed by atoms with Crippen LogP contribution in [0.25, 0.3) is 0 Å². The lowest BCUT2D eigenvalue weighted by molar-refractivity contribution is -0.115. The minimum Gasteiger partial charge on any atom is -0.347 e. The Kier molecular flexibility index (Phi) is 3.28. The van der Waals surface area contributed by atoms with Crippen LogP contribution in [0.3, 0.4) is 0 Å². The smallest absolute Gasteiger partial charge is 0.251 e. The third-order valence-corrected chi connectivity index (χ3v) is 4.22. The fraction of sp³-hybridized carbons (Fsp3) is 0.200. The third kappa shape index (κ3) is 2.58. The van der Waals surface area contributed by atoms with Crippen LogP contribution in [-0.2, 0) is 17.8 Å². The Hall–Kier alpha value is -2.14. The molecule has 0 saturated carbocycles. The van der Waals surface area contributed by atoms with Gasteiger partial charge in [0, 0.05) is 21.0 Å². The van der Waals surface area contributed by atoms with Crippen molar-refractivity contribution in [2.75, 3.05) is 5.32 Å². The van der Waals surface area contributed by atoms with Gasteiger partial charge in [0.1, 0.15) is 0 Å². The molecule has 0 unspecified atom stereocenters. The molecule has 2 amide bonds. The zero-order valence-corrected chi connectivity index (χ0v) is 11.8. The highest BCUT2D eigenvalue weighted by Gasteiger charge is 2.18. The number of fused-ring (bicyclic) bond motifs is 1. The van der Waals surface area contributed by atoms with Gasteiger partial charge in [0.05, 0.1) is 13.0 Å². The number of rotatable bonds is 3. The summed E-state index contributed by atoms with van der Waals surface area (Å²) in [6.07, 6.45) is 0.395. The molecule has 0 fully saturated rings. The average Bonchev–Trinajstić information content (AvgIpc) is 2.99. The Bertz CT molecular complexity index is 691. The highest BCUT2D eigenvalue weighted by atomic mass is 32.1. The molecule has 20 heavy (non-hydrogen) atoms. The molecule has 0 radical (unpaired) electrons. The van der Waals surface area contributed by atoms with Gasteiger partial charge in [0.2, 0.25) is 5.91 Å². The van der Waals surface area contributed by atoms with Crippen LogP contribution >= 0.6 is 11.3 Å². The van der Waals surface area contributed by atoms with Crippen LogP contribution in [0.4, 0.5) is 5.69 Å². The molecule has 0 spiro atoms. The quantitative estimate of drug-likeness (QED) is 0.910. The van der Waals surface area contributed by atoms with Crippen molar-refractivity contribution in [2.24, 2.45) is 0 Å². The van der Waals surface area contributed by atoms with Crippen molar-refractivity contribution in [1.29, 1.82) is 0 Å². The van der Waals surface area contributed by atoms with E-state index in [9.17, 15) is 9.59 Å². The molecule has 0 bridgehead atoms. The fourth-order valence-electron chi connectivity index (χ4n) is 2.21. The first-order valence-corrected chi connectivity index (χ1v) is 7.20. The van der Waals surface area contributed by atoms with Gasteiger partial charge in [-0.3, -0.25) is 9.59 Å². The molecule has 1 aromatic heterocycles. The van der Waals surface area contributed by atoms with E-state index in [2.05, 4.69) is 10.6 Å². The van der Waals surface area contributed by atoms with Gasteiger partial charge in [-0.2, -0.15) is 0 Å². The van der Waals surface area contributed by atoms with Gasteiger partial charge in [-0.1, -0.05) is 6.07 Å². The molecule has 2 N–H and O–H groups in total. The van der Waals surface area contributed by atoms with Crippen molar-refractivity contribution in [1.82, 2.24) is 5.32 Å². The van der Waals surface area contributed by atoms with E-state index in [1.54, 1.807) is 23.5 Å². The Morgan fingerprint density at radius 1 is 1.35 bits per heavy atom. The number of amides is 2. The zero-order chi connectivity index (χ0) is 14.1. The molecule has 1 aliphatic rings. The second-order valence-electron chi connectivity index (χ2n) is 4.79. The Labute approximate surface area is 120 Å². The number of thiophene rings is 1. The van der Waals surface area contributed by atoms with Gasteiger partial charge in [-0.15, -0.1) is 11.3 Å². The van der Waals surface area contributed by atoms with Crippen LogP contribution in [0.15, 0.2) is 30.3 Å². The van der Waals surface area contributed by atoms with E-state index in [1.165, 1.54) is 4.88 Å². The highest BCUT2D eigenvalue weighted by Crippen LogP contribution is 2.24. The number of carbonyl (C=O) groups is 2.